The van der Waals surface area contributed by atoms with Crippen molar-refractivity contribution in [2.75, 3.05) is 13.1 Å². The fourth-order valence-electron chi connectivity index (χ4n) is 1.85. The standard InChI is InChI=1S/C9H17N5/c1-7(9-11-6-12-14-9)13-8-3-2-4-10-5-8/h6-8,10,13H,2-5H2,1H3,(H,11,12,14). The molecule has 78 valence electrons. The van der Waals surface area contributed by atoms with Gasteiger partial charge in [-0.1, -0.05) is 0 Å². The number of nitrogens with zero attached hydrogens (tertiary/aromatic N) is 2. The van der Waals surface area contributed by atoms with Gasteiger partial charge in [-0.2, -0.15) is 5.10 Å². The van der Waals surface area contributed by atoms with E-state index in [1.54, 1.807) is 6.33 Å². The molecule has 5 nitrogen and oxygen atoms in total. The van der Waals surface area contributed by atoms with E-state index in [0.717, 1.165) is 18.9 Å². The lowest BCUT2D eigenvalue weighted by molar-refractivity contribution is 0.356. The van der Waals surface area contributed by atoms with Crippen molar-refractivity contribution < 1.29 is 0 Å². The summed E-state index contributed by atoms with van der Waals surface area (Å²) in [5.74, 6) is 0.913. The van der Waals surface area contributed by atoms with E-state index in [1.807, 2.05) is 0 Å². The van der Waals surface area contributed by atoms with Crippen LogP contribution in [0.4, 0.5) is 0 Å². The summed E-state index contributed by atoms with van der Waals surface area (Å²) in [6.07, 6.45) is 4.04. The summed E-state index contributed by atoms with van der Waals surface area (Å²) in [4.78, 5) is 4.13. The predicted molar refractivity (Wildman–Crippen MR) is 53.8 cm³/mol. The first-order valence-electron chi connectivity index (χ1n) is 5.18. The highest BCUT2D eigenvalue weighted by Gasteiger charge is 2.16. The van der Waals surface area contributed by atoms with Crippen molar-refractivity contribution >= 4 is 0 Å². The fraction of sp³-hybridized carbons (Fsp3) is 0.778. The lowest BCUT2D eigenvalue weighted by Gasteiger charge is -2.26. The van der Waals surface area contributed by atoms with Gasteiger partial charge >= 0.3 is 0 Å². The molecule has 0 aromatic carbocycles. The first kappa shape index (κ1) is 9.61. The average molecular weight is 195 g/mol. The third-order valence-corrected chi connectivity index (χ3v) is 2.63. The van der Waals surface area contributed by atoms with Crippen LogP contribution in [0.3, 0.4) is 0 Å². The Hall–Kier alpha value is -0.940. The molecule has 1 aromatic rings. The van der Waals surface area contributed by atoms with Gasteiger partial charge in [-0.25, -0.2) is 4.98 Å². The molecule has 0 amide bonds. The van der Waals surface area contributed by atoms with Crippen molar-refractivity contribution in [3.63, 3.8) is 0 Å². The van der Waals surface area contributed by atoms with E-state index in [9.17, 15) is 0 Å². The molecule has 0 saturated carbocycles. The smallest absolute Gasteiger partial charge is 0.141 e. The summed E-state index contributed by atoms with van der Waals surface area (Å²) < 4.78 is 0. The zero-order chi connectivity index (χ0) is 9.80. The summed E-state index contributed by atoms with van der Waals surface area (Å²) in [5, 5.41) is 13.6. The highest BCUT2D eigenvalue weighted by molar-refractivity contribution is 4.91. The average Bonchev–Trinajstić information content (AvgIpc) is 2.72. The highest BCUT2D eigenvalue weighted by atomic mass is 15.2. The molecular weight excluding hydrogens is 178 g/mol. The van der Waals surface area contributed by atoms with Crippen LogP contribution in [-0.4, -0.2) is 34.3 Å². The van der Waals surface area contributed by atoms with Crippen LogP contribution in [0.25, 0.3) is 0 Å². The van der Waals surface area contributed by atoms with Crippen LogP contribution >= 0.6 is 0 Å². The maximum Gasteiger partial charge on any atom is 0.141 e. The van der Waals surface area contributed by atoms with Gasteiger partial charge in [0.25, 0.3) is 0 Å². The molecule has 0 aliphatic carbocycles. The van der Waals surface area contributed by atoms with Crippen LogP contribution < -0.4 is 10.6 Å². The first-order chi connectivity index (χ1) is 6.86. The van der Waals surface area contributed by atoms with E-state index in [0.29, 0.717) is 6.04 Å². The molecule has 1 aliphatic rings. The molecule has 2 rings (SSSR count). The molecule has 0 spiro atoms. The van der Waals surface area contributed by atoms with Crippen molar-refractivity contribution in [1.29, 1.82) is 0 Å². The number of nitrogens with one attached hydrogen (secondary N) is 3. The summed E-state index contributed by atoms with van der Waals surface area (Å²) >= 11 is 0. The van der Waals surface area contributed by atoms with Gasteiger partial charge in [0.15, 0.2) is 0 Å². The quantitative estimate of drug-likeness (QED) is 0.645. The Labute approximate surface area is 83.7 Å². The predicted octanol–water partition coefficient (Wildman–Crippen LogP) is 0.207. The molecule has 2 heterocycles. The Bertz CT molecular complexity index is 252. The second kappa shape index (κ2) is 4.52. The van der Waals surface area contributed by atoms with Gasteiger partial charge in [0.1, 0.15) is 12.2 Å². The van der Waals surface area contributed by atoms with Crippen molar-refractivity contribution in [2.45, 2.75) is 31.8 Å². The highest BCUT2D eigenvalue weighted by Crippen LogP contribution is 2.09. The zero-order valence-electron chi connectivity index (χ0n) is 8.45. The van der Waals surface area contributed by atoms with Gasteiger partial charge in [0, 0.05) is 12.6 Å². The number of H-pyrrole nitrogens is 1. The molecule has 0 bridgehead atoms. The van der Waals surface area contributed by atoms with Gasteiger partial charge in [0.05, 0.1) is 6.04 Å². The number of aromatic nitrogens is 3. The Balaban J connectivity index is 1.84. The van der Waals surface area contributed by atoms with Gasteiger partial charge in [-0.05, 0) is 26.3 Å². The van der Waals surface area contributed by atoms with Crippen molar-refractivity contribution in [2.24, 2.45) is 0 Å². The molecule has 1 fully saturated rings. The van der Waals surface area contributed by atoms with E-state index < -0.39 is 0 Å². The lowest BCUT2D eigenvalue weighted by atomic mass is 10.1. The minimum absolute atomic E-state index is 0.252. The summed E-state index contributed by atoms with van der Waals surface area (Å²) in [5.41, 5.74) is 0. The van der Waals surface area contributed by atoms with Crippen LogP contribution in [-0.2, 0) is 0 Å². The second-order valence-corrected chi connectivity index (χ2v) is 3.80. The Morgan fingerprint density at radius 3 is 3.21 bits per heavy atom. The molecule has 2 unspecified atom stereocenters. The molecule has 14 heavy (non-hydrogen) atoms. The number of aromatic amines is 1. The van der Waals surface area contributed by atoms with Crippen LogP contribution in [0.5, 0.6) is 0 Å². The largest absolute Gasteiger partial charge is 0.315 e. The number of piperidine rings is 1. The van der Waals surface area contributed by atoms with Gasteiger partial charge in [0.2, 0.25) is 0 Å². The summed E-state index contributed by atoms with van der Waals surface area (Å²) in [7, 11) is 0. The van der Waals surface area contributed by atoms with Crippen LogP contribution in [0, 0.1) is 0 Å². The third kappa shape index (κ3) is 2.30. The molecule has 1 aromatic heterocycles. The molecule has 3 N–H and O–H groups in total. The zero-order valence-corrected chi connectivity index (χ0v) is 8.45. The van der Waals surface area contributed by atoms with Gasteiger partial charge in [-0.3, -0.25) is 5.10 Å². The number of hydrogen-bond donors (Lipinski definition) is 3. The molecular formula is C9H17N5. The summed E-state index contributed by atoms with van der Waals surface area (Å²) in [6.45, 7) is 4.31. The molecule has 1 saturated heterocycles. The first-order valence-corrected chi connectivity index (χ1v) is 5.18. The topological polar surface area (TPSA) is 65.6 Å². The maximum absolute atomic E-state index is 4.13. The molecule has 1 aliphatic heterocycles. The molecule has 5 heteroatoms. The Morgan fingerprint density at radius 2 is 2.57 bits per heavy atom. The van der Waals surface area contributed by atoms with Crippen LogP contribution in [0.2, 0.25) is 0 Å². The molecule has 2 atom stereocenters. The van der Waals surface area contributed by atoms with E-state index in [1.165, 1.54) is 12.8 Å². The molecule has 0 radical (unpaired) electrons. The summed E-state index contributed by atoms with van der Waals surface area (Å²) in [6, 6.07) is 0.811. The van der Waals surface area contributed by atoms with Gasteiger partial charge in [-0.15, -0.1) is 0 Å². The van der Waals surface area contributed by atoms with Crippen molar-refractivity contribution in [1.82, 2.24) is 25.8 Å². The fourth-order valence-corrected chi connectivity index (χ4v) is 1.85. The number of hydrogen-bond acceptors (Lipinski definition) is 4. The van der Waals surface area contributed by atoms with Crippen molar-refractivity contribution in [3.8, 4) is 0 Å². The minimum Gasteiger partial charge on any atom is -0.315 e. The van der Waals surface area contributed by atoms with E-state index in [4.69, 9.17) is 0 Å². The maximum atomic E-state index is 4.13. The van der Waals surface area contributed by atoms with E-state index in [2.05, 4.69) is 32.7 Å². The monoisotopic (exact) mass is 195 g/mol. The lowest BCUT2D eigenvalue weighted by Crippen LogP contribution is -2.44. The van der Waals surface area contributed by atoms with E-state index >= 15 is 0 Å². The second-order valence-electron chi connectivity index (χ2n) is 3.80. The minimum atomic E-state index is 0.252. The van der Waals surface area contributed by atoms with E-state index in [-0.39, 0.29) is 6.04 Å². The third-order valence-electron chi connectivity index (χ3n) is 2.63. The normalized spacial score (nSPS) is 24.8. The van der Waals surface area contributed by atoms with Crippen LogP contribution in [0.15, 0.2) is 6.33 Å². The van der Waals surface area contributed by atoms with Gasteiger partial charge < -0.3 is 10.6 Å². The number of rotatable bonds is 3. The Kier molecular flexibility index (Phi) is 3.10. The van der Waals surface area contributed by atoms with Crippen LogP contribution in [0.1, 0.15) is 31.6 Å². The SMILES string of the molecule is CC(NC1CCCNC1)c1ncn[nH]1. The van der Waals surface area contributed by atoms with Crippen molar-refractivity contribution in [3.05, 3.63) is 12.2 Å². The Morgan fingerprint density at radius 1 is 1.64 bits per heavy atom.